The summed E-state index contributed by atoms with van der Waals surface area (Å²) in [6.07, 6.45) is 3.12. The van der Waals surface area contributed by atoms with E-state index in [-0.39, 0.29) is 28.5 Å². The molecule has 0 bridgehead atoms. The molecule has 0 amide bonds. The van der Waals surface area contributed by atoms with Crippen LogP contribution in [0, 0.1) is 17.0 Å². The van der Waals surface area contributed by atoms with Gasteiger partial charge in [0.05, 0.1) is 4.92 Å². The number of nitrogens with zero attached hydrogens (tertiary/aromatic N) is 3. The number of nitro groups is 1. The van der Waals surface area contributed by atoms with Crippen molar-refractivity contribution in [3.8, 4) is 0 Å². The summed E-state index contributed by atoms with van der Waals surface area (Å²) in [6, 6.07) is 0.211. The van der Waals surface area contributed by atoms with Gasteiger partial charge in [0.2, 0.25) is 11.1 Å². The van der Waals surface area contributed by atoms with Crippen molar-refractivity contribution in [1.29, 1.82) is 0 Å². The topological polar surface area (TPSA) is 81.0 Å². The molecule has 0 radical (unpaired) electrons. The van der Waals surface area contributed by atoms with E-state index < -0.39 is 4.92 Å². The van der Waals surface area contributed by atoms with Gasteiger partial charge in [-0.25, -0.2) is 4.98 Å². The van der Waals surface area contributed by atoms with E-state index in [1.54, 1.807) is 6.92 Å². The first kappa shape index (κ1) is 15.3. The number of halogens is 1. The number of nitrogens with one attached hydrogen (secondary N) is 1. The monoisotopic (exact) mass is 316 g/mol. The quantitative estimate of drug-likeness (QED) is 0.509. The molecule has 20 heavy (non-hydrogen) atoms. The van der Waals surface area contributed by atoms with Crippen molar-refractivity contribution in [1.82, 2.24) is 9.97 Å². The lowest BCUT2D eigenvalue weighted by Gasteiger charge is -2.14. The van der Waals surface area contributed by atoms with Gasteiger partial charge in [0.15, 0.2) is 0 Å². The van der Waals surface area contributed by atoms with Crippen LogP contribution in [0.5, 0.6) is 0 Å². The highest BCUT2D eigenvalue weighted by molar-refractivity contribution is 7.99. The number of hydrogen-bond acceptors (Lipinski definition) is 6. The zero-order valence-electron chi connectivity index (χ0n) is 11.4. The number of aryl methyl sites for hydroxylation is 1. The Morgan fingerprint density at radius 2 is 2.25 bits per heavy atom. The zero-order chi connectivity index (χ0) is 14.7. The standard InChI is InChI=1S/C12H17ClN4O2S/c1-3-20-9-5-4-8(6-9)15-11-10(17(18)19)7(2)14-12(13)16-11/h8-9H,3-6H2,1-2H3,(H,14,15,16). The van der Waals surface area contributed by atoms with Crippen molar-refractivity contribution >= 4 is 34.9 Å². The summed E-state index contributed by atoms with van der Waals surface area (Å²) >= 11 is 7.74. The number of anilines is 1. The molecular formula is C12H17ClN4O2S. The second-order valence-corrected chi connectivity index (χ2v) is 6.68. The van der Waals surface area contributed by atoms with Crippen LogP contribution in [0.25, 0.3) is 0 Å². The predicted molar refractivity (Wildman–Crippen MR) is 81.6 cm³/mol. The van der Waals surface area contributed by atoms with Crippen LogP contribution in [0.1, 0.15) is 31.9 Å². The Morgan fingerprint density at radius 1 is 1.50 bits per heavy atom. The Labute approximate surface area is 126 Å². The SMILES string of the molecule is CCSC1CCC(Nc2nc(Cl)nc(C)c2[N+](=O)[O-])C1. The van der Waals surface area contributed by atoms with E-state index >= 15 is 0 Å². The minimum atomic E-state index is -0.457. The lowest BCUT2D eigenvalue weighted by Crippen LogP contribution is -2.18. The molecule has 2 atom stereocenters. The van der Waals surface area contributed by atoms with Crippen LogP contribution in [0.4, 0.5) is 11.5 Å². The van der Waals surface area contributed by atoms with Gasteiger partial charge in [0.1, 0.15) is 5.69 Å². The van der Waals surface area contributed by atoms with Crippen molar-refractivity contribution < 1.29 is 4.92 Å². The van der Waals surface area contributed by atoms with Crippen LogP contribution in [0.15, 0.2) is 0 Å². The van der Waals surface area contributed by atoms with Crippen molar-refractivity contribution in [3.05, 3.63) is 21.1 Å². The lowest BCUT2D eigenvalue weighted by atomic mass is 10.2. The summed E-state index contributed by atoms with van der Waals surface area (Å²) in [6.45, 7) is 3.71. The molecule has 8 heteroatoms. The molecule has 1 saturated carbocycles. The average molecular weight is 317 g/mol. The Bertz CT molecular complexity index is 514. The minimum absolute atomic E-state index is 0.0353. The summed E-state index contributed by atoms with van der Waals surface area (Å²) in [5.74, 6) is 1.33. The highest BCUT2D eigenvalue weighted by Crippen LogP contribution is 2.34. The second-order valence-electron chi connectivity index (χ2n) is 4.76. The van der Waals surface area contributed by atoms with Gasteiger partial charge >= 0.3 is 5.69 Å². The van der Waals surface area contributed by atoms with Crippen molar-refractivity contribution in [2.24, 2.45) is 0 Å². The molecule has 0 saturated heterocycles. The fourth-order valence-electron chi connectivity index (χ4n) is 2.50. The molecule has 1 fully saturated rings. The van der Waals surface area contributed by atoms with Gasteiger partial charge in [-0.05, 0) is 43.5 Å². The summed E-state index contributed by atoms with van der Waals surface area (Å²) in [5, 5.41) is 15.0. The number of rotatable bonds is 5. The van der Waals surface area contributed by atoms with E-state index in [2.05, 4.69) is 22.2 Å². The summed E-state index contributed by atoms with van der Waals surface area (Å²) < 4.78 is 0. The highest BCUT2D eigenvalue weighted by atomic mass is 35.5. The third-order valence-electron chi connectivity index (χ3n) is 3.34. The van der Waals surface area contributed by atoms with Crippen molar-refractivity contribution in [2.75, 3.05) is 11.1 Å². The van der Waals surface area contributed by atoms with Gasteiger partial charge in [-0.15, -0.1) is 0 Å². The van der Waals surface area contributed by atoms with Gasteiger partial charge in [0.25, 0.3) is 0 Å². The van der Waals surface area contributed by atoms with Crippen LogP contribution >= 0.6 is 23.4 Å². The van der Waals surface area contributed by atoms with Gasteiger partial charge < -0.3 is 5.32 Å². The third kappa shape index (κ3) is 3.52. The van der Waals surface area contributed by atoms with Crippen LogP contribution in [0.3, 0.4) is 0 Å². The highest BCUT2D eigenvalue weighted by Gasteiger charge is 2.28. The molecule has 0 aromatic carbocycles. The normalized spacial score (nSPS) is 21.9. The van der Waals surface area contributed by atoms with E-state index in [1.807, 2.05) is 11.8 Å². The lowest BCUT2D eigenvalue weighted by molar-refractivity contribution is -0.385. The second kappa shape index (κ2) is 6.58. The average Bonchev–Trinajstić information content (AvgIpc) is 2.75. The molecule has 0 spiro atoms. The smallest absolute Gasteiger partial charge is 0.332 e. The fraction of sp³-hybridized carbons (Fsp3) is 0.667. The Balaban J connectivity index is 2.15. The third-order valence-corrected chi connectivity index (χ3v) is 4.74. The molecule has 1 aliphatic carbocycles. The van der Waals surface area contributed by atoms with Crippen molar-refractivity contribution in [3.63, 3.8) is 0 Å². The molecule has 2 rings (SSSR count). The molecule has 0 aliphatic heterocycles. The molecule has 1 N–H and O–H groups in total. The predicted octanol–water partition coefficient (Wildman–Crippen LogP) is 3.43. The Morgan fingerprint density at radius 3 is 2.90 bits per heavy atom. The maximum Gasteiger partial charge on any atom is 0.332 e. The van der Waals surface area contributed by atoms with Crippen LogP contribution in [-0.2, 0) is 0 Å². The molecule has 1 heterocycles. The van der Waals surface area contributed by atoms with Gasteiger partial charge in [-0.2, -0.15) is 16.7 Å². The number of hydrogen-bond donors (Lipinski definition) is 1. The molecule has 1 aromatic heterocycles. The molecule has 6 nitrogen and oxygen atoms in total. The van der Waals surface area contributed by atoms with E-state index in [0.29, 0.717) is 5.25 Å². The molecule has 110 valence electrons. The molecule has 1 aliphatic rings. The summed E-state index contributed by atoms with van der Waals surface area (Å²) in [7, 11) is 0. The first-order valence-corrected chi connectivity index (χ1v) is 8.00. The maximum atomic E-state index is 11.1. The van der Waals surface area contributed by atoms with Crippen molar-refractivity contribution in [2.45, 2.75) is 44.4 Å². The van der Waals surface area contributed by atoms with Crippen LogP contribution in [-0.4, -0.2) is 31.9 Å². The van der Waals surface area contributed by atoms with Crippen LogP contribution in [0.2, 0.25) is 5.28 Å². The van der Waals surface area contributed by atoms with Gasteiger partial charge in [-0.1, -0.05) is 6.92 Å². The number of thioether (sulfide) groups is 1. The zero-order valence-corrected chi connectivity index (χ0v) is 13.0. The fourth-order valence-corrected chi connectivity index (χ4v) is 3.86. The van der Waals surface area contributed by atoms with Gasteiger partial charge in [-0.3, -0.25) is 10.1 Å². The molecular weight excluding hydrogens is 300 g/mol. The first-order chi connectivity index (χ1) is 9.51. The Kier molecular flexibility index (Phi) is 5.04. The largest absolute Gasteiger partial charge is 0.361 e. The van der Waals surface area contributed by atoms with E-state index in [9.17, 15) is 10.1 Å². The van der Waals surface area contributed by atoms with E-state index in [1.165, 1.54) is 0 Å². The van der Waals surface area contributed by atoms with E-state index in [0.717, 1.165) is 25.0 Å². The molecule has 2 unspecified atom stereocenters. The summed E-state index contributed by atoms with van der Waals surface area (Å²) in [5.41, 5.74) is 0.205. The Hall–Kier alpha value is -1.08. The minimum Gasteiger partial charge on any atom is -0.361 e. The van der Waals surface area contributed by atoms with Crippen LogP contribution < -0.4 is 5.32 Å². The molecule has 1 aromatic rings. The summed E-state index contributed by atoms with van der Waals surface area (Å²) in [4.78, 5) is 18.5. The number of aromatic nitrogens is 2. The first-order valence-electron chi connectivity index (χ1n) is 6.58. The maximum absolute atomic E-state index is 11.1. The van der Waals surface area contributed by atoms with Gasteiger partial charge in [0, 0.05) is 11.3 Å². The van der Waals surface area contributed by atoms with E-state index in [4.69, 9.17) is 11.6 Å².